The average Bonchev–Trinajstić information content (AvgIpc) is 2.92. The predicted octanol–water partition coefficient (Wildman–Crippen LogP) is 3.83. The second kappa shape index (κ2) is 6.79. The first kappa shape index (κ1) is 14.8. The van der Waals surface area contributed by atoms with Gasteiger partial charge < -0.3 is 5.11 Å². The predicted molar refractivity (Wildman–Crippen MR) is 83.7 cm³/mol. The number of aliphatic hydroxyl groups excluding tert-OH is 1. The average molecular weight is 279 g/mol. The van der Waals surface area contributed by atoms with E-state index in [1.807, 2.05) is 0 Å². The molecule has 3 aliphatic rings. The van der Waals surface area contributed by atoms with Gasteiger partial charge in [-0.25, -0.2) is 0 Å². The largest absolute Gasteiger partial charge is 0.393 e. The van der Waals surface area contributed by atoms with Crippen LogP contribution in [0.1, 0.15) is 71.1 Å². The lowest BCUT2D eigenvalue weighted by Crippen LogP contribution is -2.47. The molecule has 2 heteroatoms. The molecule has 3 rings (SSSR count). The standard InChI is InChI=1S/C18H33NO/c1-2-5-14-9-10-18(20)16(12-14)13-19-11-4-7-15-6-3-8-17(15)19/h14-18,20H,2-13H2,1H3. The van der Waals surface area contributed by atoms with Crippen LogP contribution in [0.3, 0.4) is 0 Å². The minimum absolute atomic E-state index is 0.0233. The Morgan fingerprint density at radius 2 is 1.90 bits per heavy atom. The zero-order chi connectivity index (χ0) is 13.9. The molecule has 0 amide bonds. The topological polar surface area (TPSA) is 23.5 Å². The van der Waals surface area contributed by atoms with Crippen LogP contribution < -0.4 is 0 Å². The third-order valence-corrected chi connectivity index (χ3v) is 6.33. The zero-order valence-corrected chi connectivity index (χ0v) is 13.3. The third-order valence-electron chi connectivity index (χ3n) is 6.33. The highest BCUT2D eigenvalue weighted by Gasteiger charge is 2.37. The first-order valence-corrected chi connectivity index (χ1v) is 9.20. The number of fused-ring (bicyclic) bond motifs is 1. The summed E-state index contributed by atoms with van der Waals surface area (Å²) in [7, 11) is 0. The lowest BCUT2D eigenvalue weighted by Gasteiger charge is -2.42. The molecule has 116 valence electrons. The summed E-state index contributed by atoms with van der Waals surface area (Å²) < 4.78 is 0. The van der Waals surface area contributed by atoms with Crippen molar-refractivity contribution in [1.82, 2.24) is 4.90 Å². The van der Waals surface area contributed by atoms with Gasteiger partial charge in [-0.15, -0.1) is 0 Å². The van der Waals surface area contributed by atoms with E-state index in [0.29, 0.717) is 5.92 Å². The summed E-state index contributed by atoms with van der Waals surface area (Å²) in [4.78, 5) is 2.77. The maximum absolute atomic E-state index is 10.4. The van der Waals surface area contributed by atoms with E-state index in [1.54, 1.807) is 0 Å². The first-order valence-electron chi connectivity index (χ1n) is 9.20. The van der Waals surface area contributed by atoms with E-state index in [1.165, 1.54) is 70.9 Å². The Labute approximate surface area is 124 Å². The Hall–Kier alpha value is -0.0800. The quantitative estimate of drug-likeness (QED) is 0.845. The summed E-state index contributed by atoms with van der Waals surface area (Å²) in [6.07, 6.45) is 13.4. The lowest BCUT2D eigenvalue weighted by molar-refractivity contribution is 0.00429. The van der Waals surface area contributed by atoms with Gasteiger partial charge in [-0.3, -0.25) is 4.90 Å². The Kier molecular flexibility index (Phi) is 5.04. The monoisotopic (exact) mass is 279 g/mol. The Morgan fingerprint density at radius 3 is 2.75 bits per heavy atom. The molecule has 1 N–H and O–H groups in total. The molecular weight excluding hydrogens is 246 g/mol. The summed E-state index contributed by atoms with van der Waals surface area (Å²) in [5, 5.41) is 10.4. The van der Waals surface area contributed by atoms with Crippen molar-refractivity contribution in [2.75, 3.05) is 13.1 Å². The minimum Gasteiger partial charge on any atom is -0.393 e. The van der Waals surface area contributed by atoms with Gasteiger partial charge in [0, 0.05) is 12.6 Å². The highest BCUT2D eigenvalue weighted by atomic mass is 16.3. The van der Waals surface area contributed by atoms with E-state index >= 15 is 0 Å². The van der Waals surface area contributed by atoms with Crippen molar-refractivity contribution < 1.29 is 5.11 Å². The normalized spacial score (nSPS) is 42.6. The van der Waals surface area contributed by atoms with Gasteiger partial charge in [-0.2, -0.15) is 0 Å². The smallest absolute Gasteiger partial charge is 0.0580 e. The molecule has 2 nitrogen and oxygen atoms in total. The van der Waals surface area contributed by atoms with Crippen LogP contribution in [-0.2, 0) is 0 Å². The Balaban J connectivity index is 1.57. The van der Waals surface area contributed by atoms with Crippen LogP contribution >= 0.6 is 0 Å². The number of hydrogen-bond donors (Lipinski definition) is 1. The number of aliphatic hydroxyl groups is 1. The van der Waals surface area contributed by atoms with Crippen molar-refractivity contribution in [1.29, 1.82) is 0 Å². The summed E-state index contributed by atoms with van der Waals surface area (Å²) in [6.45, 7) is 4.78. The molecule has 2 saturated carbocycles. The van der Waals surface area contributed by atoms with Crippen molar-refractivity contribution in [3.8, 4) is 0 Å². The molecule has 5 atom stereocenters. The third kappa shape index (κ3) is 3.22. The summed E-state index contributed by atoms with van der Waals surface area (Å²) in [5.41, 5.74) is 0. The molecule has 1 aliphatic heterocycles. The van der Waals surface area contributed by atoms with Crippen LogP contribution in [0.15, 0.2) is 0 Å². The fraction of sp³-hybridized carbons (Fsp3) is 1.00. The van der Waals surface area contributed by atoms with Gasteiger partial charge in [0.15, 0.2) is 0 Å². The fourth-order valence-corrected chi connectivity index (χ4v) is 5.30. The van der Waals surface area contributed by atoms with Crippen LogP contribution in [-0.4, -0.2) is 35.2 Å². The molecule has 0 aromatic rings. The first-order chi connectivity index (χ1) is 9.78. The van der Waals surface area contributed by atoms with Crippen molar-refractivity contribution in [3.63, 3.8) is 0 Å². The van der Waals surface area contributed by atoms with E-state index in [2.05, 4.69) is 11.8 Å². The molecule has 0 spiro atoms. The van der Waals surface area contributed by atoms with Crippen LogP contribution in [0.2, 0.25) is 0 Å². The molecule has 20 heavy (non-hydrogen) atoms. The van der Waals surface area contributed by atoms with Crippen molar-refractivity contribution >= 4 is 0 Å². The molecule has 0 aromatic carbocycles. The molecule has 0 aromatic heterocycles. The molecule has 1 saturated heterocycles. The van der Waals surface area contributed by atoms with Crippen LogP contribution in [0.4, 0.5) is 0 Å². The molecule has 2 aliphatic carbocycles. The molecule has 3 fully saturated rings. The summed E-state index contributed by atoms with van der Waals surface area (Å²) >= 11 is 0. The second-order valence-electron chi connectivity index (χ2n) is 7.69. The maximum Gasteiger partial charge on any atom is 0.0580 e. The van der Waals surface area contributed by atoms with Gasteiger partial charge in [-0.05, 0) is 69.2 Å². The number of nitrogens with zero attached hydrogens (tertiary/aromatic N) is 1. The van der Waals surface area contributed by atoms with Gasteiger partial charge in [0.1, 0.15) is 0 Å². The van der Waals surface area contributed by atoms with Gasteiger partial charge in [0.25, 0.3) is 0 Å². The van der Waals surface area contributed by atoms with E-state index in [0.717, 1.165) is 24.3 Å². The molecule has 0 bridgehead atoms. The SMILES string of the molecule is CCCC1CCC(O)C(CN2CCCC3CCCC32)C1. The van der Waals surface area contributed by atoms with E-state index in [9.17, 15) is 5.11 Å². The Bertz CT molecular complexity index is 306. The second-order valence-corrected chi connectivity index (χ2v) is 7.69. The van der Waals surface area contributed by atoms with Crippen LogP contribution in [0.5, 0.6) is 0 Å². The van der Waals surface area contributed by atoms with Gasteiger partial charge in [0.05, 0.1) is 6.10 Å². The van der Waals surface area contributed by atoms with E-state index in [-0.39, 0.29) is 6.10 Å². The maximum atomic E-state index is 10.4. The number of hydrogen-bond acceptors (Lipinski definition) is 2. The van der Waals surface area contributed by atoms with Gasteiger partial charge in [-0.1, -0.05) is 26.2 Å². The molecular formula is C18H33NO. The van der Waals surface area contributed by atoms with Crippen LogP contribution in [0.25, 0.3) is 0 Å². The number of rotatable bonds is 4. The van der Waals surface area contributed by atoms with Crippen molar-refractivity contribution in [3.05, 3.63) is 0 Å². The minimum atomic E-state index is -0.0233. The fourth-order valence-electron chi connectivity index (χ4n) is 5.30. The number of likely N-dealkylation sites (tertiary alicyclic amines) is 1. The van der Waals surface area contributed by atoms with Gasteiger partial charge in [0.2, 0.25) is 0 Å². The highest BCUT2D eigenvalue weighted by molar-refractivity contribution is 4.91. The molecule has 1 heterocycles. The summed E-state index contributed by atoms with van der Waals surface area (Å²) in [5.74, 6) is 2.42. The molecule has 0 radical (unpaired) electrons. The lowest BCUT2D eigenvalue weighted by atomic mass is 9.77. The number of piperidine rings is 1. The van der Waals surface area contributed by atoms with E-state index in [4.69, 9.17) is 0 Å². The zero-order valence-electron chi connectivity index (χ0n) is 13.3. The van der Waals surface area contributed by atoms with E-state index < -0.39 is 0 Å². The highest BCUT2D eigenvalue weighted by Crippen LogP contribution is 2.39. The molecule has 5 unspecified atom stereocenters. The van der Waals surface area contributed by atoms with Gasteiger partial charge >= 0.3 is 0 Å². The van der Waals surface area contributed by atoms with Crippen molar-refractivity contribution in [2.24, 2.45) is 17.8 Å². The summed E-state index contributed by atoms with van der Waals surface area (Å²) in [6, 6.07) is 0.863. The Morgan fingerprint density at radius 1 is 1.05 bits per heavy atom. The van der Waals surface area contributed by atoms with Crippen molar-refractivity contribution in [2.45, 2.75) is 83.3 Å². The van der Waals surface area contributed by atoms with Crippen LogP contribution in [0, 0.1) is 17.8 Å².